The standard InChI is InChI=1S/C18H21F2NO3/c19-12-5-6-14(15(20)10-12)18(7-1-2-8-18)17(24)21-9-3-4-13(21)11-16(22)23/h5-6,10,13H,1-4,7-9,11H2,(H,22,23). The molecule has 4 nitrogen and oxygen atoms in total. The summed E-state index contributed by atoms with van der Waals surface area (Å²) < 4.78 is 27.7. The SMILES string of the molecule is O=C(O)CC1CCCN1C(=O)C1(c2ccc(F)cc2F)CCCC1. The van der Waals surface area contributed by atoms with Crippen molar-refractivity contribution in [2.24, 2.45) is 0 Å². The van der Waals surface area contributed by atoms with Gasteiger partial charge in [-0.3, -0.25) is 9.59 Å². The van der Waals surface area contributed by atoms with Crippen molar-refractivity contribution in [2.75, 3.05) is 6.54 Å². The number of halogens is 2. The zero-order chi connectivity index (χ0) is 17.3. The normalized spacial score (nSPS) is 22.8. The minimum Gasteiger partial charge on any atom is -0.481 e. The fourth-order valence-electron chi connectivity index (χ4n) is 4.25. The van der Waals surface area contributed by atoms with E-state index in [2.05, 4.69) is 0 Å². The van der Waals surface area contributed by atoms with Gasteiger partial charge in [0.15, 0.2) is 0 Å². The number of rotatable bonds is 4. The Labute approximate surface area is 139 Å². The molecule has 1 aromatic rings. The first kappa shape index (κ1) is 16.9. The van der Waals surface area contributed by atoms with Gasteiger partial charge < -0.3 is 10.0 Å². The Hall–Kier alpha value is -1.98. The van der Waals surface area contributed by atoms with Gasteiger partial charge in [-0.15, -0.1) is 0 Å². The smallest absolute Gasteiger partial charge is 0.305 e. The second kappa shape index (κ2) is 6.49. The van der Waals surface area contributed by atoms with Crippen LogP contribution in [0.25, 0.3) is 0 Å². The predicted octanol–water partition coefficient (Wildman–Crippen LogP) is 3.24. The van der Waals surface area contributed by atoms with Gasteiger partial charge in [0.05, 0.1) is 11.8 Å². The summed E-state index contributed by atoms with van der Waals surface area (Å²) in [5, 5.41) is 9.06. The predicted molar refractivity (Wildman–Crippen MR) is 83.5 cm³/mol. The molecule has 0 bridgehead atoms. The zero-order valence-corrected chi connectivity index (χ0v) is 13.4. The molecule has 1 saturated carbocycles. The van der Waals surface area contributed by atoms with Crippen LogP contribution in [-0.4, -0.2) is 34.5 Å². The van der Waals surface area contributed by atoms with E-state index in [1.165, 1.54) is 12.1 Å². The summed E-state index contributed by atoms with van der Waals surface area (Å²) in [6.07, 6.45) is 3.97. The number of hydrogen-bond acceptors (Lipinski definition) is 2. The van der Waals surface area contributed by atoms with Gasteiger partial charge in [0.25, 0.3) is 0 Å². The lowest BCUT2D eigenvalue weighted by atomic mass is 9.77. The Kier molecular flexibility index (Phi) is 4.56. The van der Waals surface area contributed by atoms with Gasteiger partial charge in [-0.1, -0.05) is 18.9 Å². The number of likely N-dealkylation sites (tertiary alicyclic amines) is 1. The lowest BCUT2D eigenvalue weighted by molar-refractivity contribution is -0.142. The van der Waals surface area contributed by atoms with Crippen LogP contribution in [0.3, 0.4) is 0 Å². The van der Waals surface area contributed by atoms with Crippen molar-refractivity contribution in [1.82, 2.24) is 4.90 Å². The third-order valence-electron chi connectivity index (χ3n) is 5.36. The van der Waals surface area contributed by atoms with E-state index >= 15 is 0 Å². The number of aliphatic carboxylic acids is 1. The largest absolute Gasteiger partial charge is 0.481 e. The summed E-state index contributed by atoms with van der Waals surface area (Å²) >= 11 is 0. The summed E-state index contributed by atoms with van der Waals surface area (Å²) in [5.41, 5.74) is -0.744. The summed E-state index contributed by atoms with van der Waals surface area (Å²) in [4.78, 5) is 25.9. The molecule has 2 fully saturated rings. The molecular weight excluding hydrogens is 316 g/mol. The van der Waals surface area contributed by atoms with Crippen LogP contribution in [0.15, 0.2) is 18.2 Å². The fourth-order valence-corrected chi connectivity index (χ4v) is 4.25. The Morgan fingerprint density at radius 3 is 2.54 bits per heavy atom. The number of benzene rings is 1. The van der Waals surface area contributed by atoms with Crippen molar-refractivity contribution in [2.45, 2.75) is 56.4 Å². The van der Waals surface area contributed by atoms with Crippen molar-refractivity contribution in [3.05, 3.63) is 35.4 Å². The second-order valence-electron chi connectivity index (χ2n) is 6.81. The van der Waals surface area contributed by atoms with Crippen LogP contribution < -0.4 is 0 Å². The molecule has 130 valence electrons. The number of carbonyl (C=O) groups excluding carboxylic acids is 1. The first-order valence-corrected chi connectivity index (χ1v) is 8.42. The first-order valence-electron chi connectivity index (χ1n) is 8.42. The van der Waals surface area contributed by atoms with E-state index in [9.17, 15) is 18.4 Å². The van der Waals surface area contributed by atoms with Crippen molar-refractivity contribution in [3.63, 3.8) is 0 Å². The van der Waals surface area contributed by atoms with Crippen LogP contribution in [0.2, 0.25) is 0 Å². The Morgan fingerprint density at radius 2 is 1.92 bits per heavy atom. The molecule has 1 saturated heterocycles. The monoisotopic (exact) mass is 337 g/mol. The molecule has 1 heterocycles. The lowest BCUT2D eigenvalue weighted by Gasteiger charge is -2.35. The third kappa shape index (κ3) is 2.89. The number of hydrogen-bond donors (Lipinski definition) is 1. The molecule has 0 aromatic heterocycles. The minimum absolute atomic E-state index is 0.0896. The van der Waals surface area contributed by atoms with Crippen LogP contribution in [0.5, 0.6) is 0 Å². The molecule has 1 amide bonds. The molecule has 6 heteroatoms. The van der Waals surface area contributed by atoms with Crippen LogP contribution in [-0.2, 0) is 15.0 Å². The maximum Gasteiger partial charge on any atom is 0.305 e. The molecular formula is C18H21F2NO3. The minimum atomic E-state index is -0.987. The fraction of sp³-hybridized carbons (Fsp3) is 0.556. The second-order valence-corrected chi connectivity index (χ2v) is 6.81. The molecule has 1 aromatic carbocycles. The van der Waals surface area contributed by atoms with Crippen molar-refractivity contribution < 1.29 is 23.5 Å². The molecule has 1 atom stereocenters. The molecule has 1 aliphatic heterocycles. The summed E-state index contributed by atoms with van der Waals surface area (Å²) in [6.45, 7) is 0.501. The van der Waals surface area contributed by atoms with E-state index in [1.54, 1.807) is 4.90 Å². The van der Waals surface area contributed by atoms with E-state index in [4.69, 9.17) is 5.11 Å². The van der Waals surface area contributed by atoms with Gasteiger partial charge in [0, 0.05) is 24.2 Å². The third-order valence-corrected chi connectivity index (χ3v) is 5.36. The van der Waals surface area contributed by atoms with Crippen molar-refractivity contribution in [3.8, 4) is 0 Å². The number of amides is 1. The zero-order valence-electron chi connectivity index (χ0n) is 13.4. The average Bonchev–Trinajstić information content (AvgIpc) is 3.16. The Bertz CT molecular complexity index is 656. The average molecular weight is 337 g/mol. The van der Waals surface area contributed by atoms with E-state index < -0.39 is 23.0 Å². The molecule has 24 heavy (non-hydrogen) atoms. The van der Waals surface area contributed by atoms with Crippen LogP contribution >= 0.6 is 0 Å². The van der Waals surface area contributed by atoms with Gasteiger partial charge in [-0.25, -0.2) is 8.78 Å². The lowest BCUT2D eigenvalue weighted by Crippen LogP contribution is -2.48. The van der Waals surface area contributed by atoms with Crippen LogP contribution in [0.1, 0.15) is 50.5 Å². The number of carbonyl (C=O) groups is 2. The topological polar surface area (TPSA) is 57.6 Å². The van der Waals surface area contributed by atoms with Gasteiger partial charge in [0.1, 0.15) is 11.6 Å². The molecule has 1 aliphatic carbocycles. The first-order chi connectivity index (χ1) is 11.4. The molecule has 0 radical (unpaired) electrons. The highest BCUT2D eigenvalue weighted by atomic mass is 19.1. The summed E-state index contributed by atoms with van der Waals surface area (Å²) in [7, 11) is 0. The van der Waals surface area contributed by atoms with Gasteiger partial charge in [0.2, 0.25) is 5.91 Å². The van der Waals surface area contributed by atoms with Gasteiger partial charge in [-0.05, 0) is 31.7 Å². The van der Waals surface area contributed by atoms with E-state index in [1.807, 2.05) is 0 Å². The number of carboxylic acid groups (broad SMARTS) is 1. The molecule has 0 spiro atoms. The summed E-state index contributed by atoms with van der Waals surface area (Å²) in [5.74, 6) is -2.50. The molecule has 1 N–H and O–H groups in total. The van der Waals surface area contributed by atoms with Crippen molar-refractivity contribution >= 4 is 11.9 Å². The molecule has 2 aliphatic rings. The molecule has 1 unspecified atom stereocenters. The maximum absolute atomic E-state index is 14.4. The molecule has 3 rings (SSSR count). The maximum atomic E-state index is 14.4. The highest BCUT2D eigenvalue weighted by Crippen LogP contribution is 2.45. The van der Waals surface area contributed by atoms with Gasteiger partial charge >= 0.3 is 5.97 Å². The Morgan fingerprint density at radius 1 is 1.21 bits per heavy atom. The Balaban J connectivity index is 1.95. The van der Waals surface area contributed by atoms with E-state index in [-0.39, 0.29) is 23.9 Å². The number of nitrogens with zero attached hydrogens (tertiary/aromatic N) is 1. The highest BCUT2D eigenvalue weighted by molar-refractivity contribution is 5.89. The summed E-state index contributed by atoms with van der Waals surface area (Å²) in [6, 6.07) is 3.04. The van der Waals surface area contributed by atoms with Crippen LogP contribution in [0.4, 0.5) is 8.78 Å². The van der Waals surface area contributed by atoms with Crippen LogP contribution in [0, 0.1) is 11.6 Å². The van der Waals surface area contributed by atoms with E-state index in [0.29, 0.717) is 25.8 Å². The number of carboxylic acids is 1. The quantitative estimate of drug-likeness (QED) is 0.918. The van der Waals surface area contributed by atoms with E-state index in [0.717, 1.165) is 25.3 Å². The highest BCUT2D eigenvalue weighted by Gasteiger charge is 2.48. The van der Waals surface area contributed by atoms with Crippen molar-refractivity contribution in [1.29, 1.82) is 0 Å². The van der Waals surface area contributed by atoms with Gasteiger partial charge in [-0.2, -0.15) is 0 Å².